The van der Waals surface area contributed by atoms with Crippen molar-refractivity contribution in [1.29, 1.82) is 0 Å². The Labute approximate surface area is 114 Å². The second-order valence-electron chi connectivity index (χ2n) is 3.97. The number of rotatable bonds is 4. The zero-order valence-electron chi connectivity index (χ0n) is 10.5. The lowest BCUT2D eigenvalue weighted by atomic mass is 10.1. The molecule has 0 aliphatic rings. The summed E-state index contributed by atoms with van der Waals surface area (Å²) in [5.74, 6) is -1.00. The van der Waals surface area contributed by atoms with E-state index in [0.29, 0.717) is 11.1 Å². The van der Waals surface area contributed by atoms with Gasteiger partial charge < -0.3 is 5.11 Å². The zero-order valence-corrected chi connectivity index (χ0v) is 10.5. The molecule has 0 bridgehead atoms. The van der Waals surface area contributed by atoms with Gasteiger partial charge in [-0.15, -0.1) is 0 Å². The molecule has 0 aliphatic carbocycles. The number of nitrogens with zero attached hydrogens (tertiary/aromatic N) is 2. The van der Waals surface area contributed by atoms with Gasteiger partial charge in [0.05, 0.1) is 0 Å². The number of hydrogen-bond donors (Lipinski definition) is 2. The van der Waals surface area contributed by atoms with Crippen LogP contribution < -0.4 is 5.43 Å². The number of hydrazone groups is 1. The zero-order chi connectivity index (χ0) is 14.4. The lowest BCUT2D eigenvalue weighted by Gasteiger charge is -2.01. The van der Waals surface area contributed by atoms with Gasteiger partial charge in [0.15, 0.2) is 0 Å². The lowest BCUT2D eigenvalue weighted by molar-refractivity contribution is 0.0955. The van der Waals surface area contributed by atoms with Crippen LogP contribution in [0.2, 0.25) is 0 Å². The highest BCUT2D eigenvalue weighted by atomic mass is 19.1. The largest absolute Gasteiger partial charge is 0.508 e. The number of halogens is 1. The highest BCUT2D eigenvalue weighted by molar-refractivity contribution is 5.94. The number of hydrogen-bond acceptors (Lipinski definition) is 4. The van der Waals surface area contributed by atoms with Gasteiger partial charge in [0.1, 0.15) is 11.6 Å². The van der Waals surface area contributed by atoms with E-state index in [0.717, 1.165) is 6.07 Å². The van der Waals surface area contributed by atoms with Gasteiger partial charge in [-0.25, -0.2) is 9.82 Å². The van der Waals surface area contributed by atoms with Crippen LogP contribution in [0.3, 0.4) is 0 Å². The normalized spacial score (nSPS) is 10.7. The van der Waals surface area contributed by atoms with Gasteiger partial charge >= 0.3 is 0 Å². The van der Waals surface area contributed by atoms with Crippen molar-refractivity contribution in [2.75, 3.05) is 0 Å². The van der Waals surface area contributed by atoms with Gasteiger partial charge in [-0.05, 0) is 23.8 Å². The topological polar surface area (TPSA) is 74.6 Å². The Balaban J connectivity index is 1.90. The molecule has 1 aromatic carbocycles. The van der Waals surface area contributed by atoms with Crippen molar-refractivity contribution in [3.05, 3.63) is 59.7 Å². The summed E-state index contributed by atoms with van der Waals surface area (Å²) in [5.41, 5.74) is 3.31. The molecule has 2 N–H and O–H groups in total. The van der Waals surface area contributed by atoms with Gasteiger partial charge in [0.25, 0.3) is 5.91 Å². The number of benzene rings is 1. The molecule has 0 spiro atoms. The van der Waals surface area contributed by atoms with Crippen LogP contribution in [0.4, 0.5) is 4.39 Å². The smallest absolute Gasteiger partial charge is 0.271 e. The molecule has 0 fully saturated rings. The minimum absolute atomic E-state index is 0.142. The summed E-state index contributed by atoms with van der Waals surface area (Å²) in [6.07, 6.45) is 4.72. The van der Waals surface area contributed by atoms with E-state index in [2.05, 4.69) is 15.5 Å². The molecule has 0 unspecified atom stereocenters. The van der Waals surface area contributed by atoms with Crippen LogP contribution >= 0.6 is 0 Å². The Bertz CT molecular complexity index is 630. The molecule has 0 radical (unpaired) electrons. The van der Waals surface area contributed by atoms with Crippen molar-refractivity contribution in [2.45, 2.75) is 6.42 Å². The van der Waals surface area contributed by atoms with E-state index in [9.17, 15) is 14.3 Å². The predicted octanol–water partition coefficient (Wildman–Crippen LogP) is 1.88. The van der Waals surface area contributed by atoms with Crippen LogP contribution in [0.1, 0.15) is 15.9 Å². The van der Waals surface area contributed by atoms with Crippen molar-refractivity contribution in [1.82, 2.24) is 10.4 Å². The Hall–Kier alpha value is -2.76. The second-order valence-corrected chi connectivity index (χ2v) is 3.97. The molecule has 0 saturated heterocycles. The van der Waals surface area contributed by atoms with Crippen LogP contribution in [0.15, 0.2) is 47.8 Å². The first kappa shape index (κ1) is 13.7. The standard InChI is InChI=1S/C14H12FN3O2/c15-12-2-1-10(13(19)9-12)5-8-17-18-14(20)11-3-6-16-7-4-11/h1-4,6-9,19H,5H2,(H,18,20)/b17-8+. The molecular weight excluding hydrogens is 261 g/mol. The van der Waals surface area contributed by atoms with Gasteiger partial charge in [0.2, 0.25) is 0 Å². The first-order valence-electron chi connectivity index (χ1n) is 5.86. The molecule has 6 heteroatoms. The van der Waals surface area contributed by atoms with Gasteiger partial charge in [-0.1, -0.05) is 6.07 Å². The van der Waals surface area contributed by atoms with Crippen molar-refractivity contribution in [3.63, 3.8) is 0 Å². The number of aromatic nitrogens is 1. The molecule has 2 rings (SSSR count). The molecule has 1 heterocycles. The third kappa shape index (κ3) is 3.61. The third-order valence-corrected chi connectivity index (χ3v) is 2.56. The van der Waals surface area contributed by atoms with E-state index < -0.39 is 5.82 Å². The van der Waals surface area contributed by atoms with Gasteiger partial charge in [-0.2, -0.15) is 5.10 Å². The van der Waals surface area contributed by atoms with E-state index in [1.807, 2.05) is 0 Å². The molecule has 102 valence electrons. The highest BCUT2D eigenvalue weighted by Gasteiger charge is 2.03. The summed E-state index contributed by atoms with van der Waals surface area (Å²) < 4.78 is 12.8. The summed E-state index contributed by atoms with van der Waals surface area (Å²) in [6.45, 7) is 0. The number of amides is 1. The van der Waals surface area contributed by atoms with E-state index in [-0.39, 0.29) is 18.1 Å². The summed E-state index contributed by atoms with van der Waals surface area (Å²) in [5, 5.41) is 13.2. The average molecular weight is 273 g/mol. The lowest BCUT2D eigenvalue weighted by Crippen LogP contribution is -2.17. The molecule has 1 amide bonds. The van der Waals surface area contributed by atoms with Crippen molar-refractivity contribution in [3.8, 4) is 5.75 Å². The molecular formula is C14H12FN3O2. The molecule has 0 saturated carbocycles. The molecule has 0 atom stereocenters. The minimum Gasteiger partial charge on any atom is -0.508 e. The van der Waals surface area contributed by atoms with Crippen LogP contribution in [0.5, 0.6) is 5.75 Å². The highest BCUT2D eigenvalue weighted by Crippen LogP contribution is 2.17. The van der Waals surface area contributed by atoms with E-state index in [4.69, 9.17) is 0 Å². The minimum atomic E-state index is -0.505. The Morgan fingerprint density at radius 2 is 2.10 bits per heavy atom. The second kappa shape index (κ2) is 6.42. The molecule has 1 aromatic heterocycles. The Morgan fingerprint density at radius 3 is 2.80 bits per heavy atom. The fourth-order valence-corrected chi connectivity index (χ4v) is 1.53. The van der Waals surface area contributed by atoms with Gasteiger partial charge in [0, 0.05) is 36.7 Å². The molecule has 0 aliphatic heterocycles. The number of phenols is 1. The summed E-state index contributed by atoms with van der Waals surface area (Å²) in [4.78, 5) is 15.4. The van der Waals surface area contributed by atoms with Crippen molar-refractivity contribution < 1.29 is 14.3 Å². The SMILES string of the molecule is O=C(N/N=C/Cc1ccc(F)cc1O)c1ccncc1. The molecule has 20 heavy (non-hydrogen) atoms. The van der Waals surface area contributed by atoms with Crippen LogP contribution in [-0.4, -0.2) is 22.2 Å². The number of pyridine rings is 1. The monoisotopic (exact) mass is 273 g/mol. The maximum atomic E-state index is 12.8. The van der Waals surface area contributed by atoms with Crippen LogP contribution in [0, 0.1) is 5.82 Å². The summed E-state index contributed by atoms with van der Waals surface area (Å²) in [7, 11) is 0. The number of nitrogens with one attached hydrogen (secondary N) is 1. The fourth-order valence-electron chi connectivity index (χ4n) is 1.53. The predicted molar refractivity (Wildman–Crippen MR) is 72.0 cm³/mol. The summed E-state index contributed by atoms with van der Waals surface area (Å²) >= 11 is 0. The van der Waals surface area contributed by atoms with E-state index in [1.54, 1.807) is 12.1 Å². The fraction of sp³-hybridized carbons (Fsp3) is 0.0714. The maximum Gasteiger partial charge on any atom is 0.271 e. The first-order valence-corrected chi connectivity index (χ1v) is 5.86. The average Bonchev–Trinajstić information content (AvgIpc) is 2.46. The first-order chi connectivity index (χ1) is 9.66. The number of aromatic hydroxyl groups is 1. The maximum absolute atomic E-state index is 12.8. The quantitative estimate of drug-likeness (QED) is 0.659. The number of carbonyl (C=O) groups excluding carboxylic acids is 1. The van der Waals surface area contributed by atoms with E-state index >= 15 is 0 Å². The van der Waals surface area contributed by atoms with Crippen LogP contribution in [-0.2, 0) is 6.42 Å². The Kier molecular flexibility index (Phi) is 4.39. The molecule has 5 nitrogen and oxygen atoms in total. The Morgan fingerprint density at radius 1 is 1.35 bits per heavy atom. The number of phenolic OH excluding ortho intramolecular Hbond substituents is 1. The van der Waals surface area contributed by atoms with Crippen molar-refractivity contribution in [2.24, 2.45) is 5.10 Å². The van der Waals surface area contributed by atoms with Gasteiger partial charge in [-0.3, -0.25) is 9.78 Å². The van der Waals surface area contributed by atoms with Crippen molar-refractivity contribution >= 4 is 12.1 Å². The van der Waals surface area contributed by atoms with Crippen LogP contribution in [0.25, 0.3) is 0 Å². The summed E-state index contributed by atoms with van der Waals surface area (Å²) in [6, 6.07) is 6.87. The van der Waals surface area contributed by atoms with E-state index in [1.165, 1.54) is 30.7 Å². The molecule has 2 aromatic rings. The third-order valence-electron chi connectivity index (χ3n) is 2.56. The number of carbonyl (C=O) groups is 1.